The summed E-state index contributed by atoms with van der Waals surface area (Å²) in [5, 5.41) is 3.06. The van der Waals surface area contributed by atoms with Crippen molar-refractivity contribution in [1.82, 2.24) is 5.32 Å². The number of likely N-dealkylation sites (N-methyl/N-ethyl adjacent to an activating group) is 1. The maximum absolute atomic E-state index is 13.6. The minimum atomic E-state index is -4.46. The number of phosphoric acid groups is 1. The summed E-state index contributed by atoms with van der Waals surface area (Å²) < 4.78 is 30.8. The molecule has 85 heavy (non-hydrogen) atoms. The zero-order chi connectivity index (χ0) is 62.1. The maximum atomic E-state index is 13.6. The number of amides is 1. The van der Waals surface area contributed by atoms with Crippen molar-refractivity contribution in [2.24, 2.45) is 0 Å². The Hall–Kier alpha value is -3.07. The summed E-state index contributed by atoms with van der Waals surface area (Å²) in [6.45, 7) is 6.96. The first kappa shape index (κ1) is 81.9. The normalized spacial score (nSPS) is 14.1. The molecule has 0 saturated heterocycles. The molecule has 3 unspecified atom stereocenters. The van der Waals surface area contributed by atoms with Crippen molar-refractivity contribution >= 4 is 19.7 Å². The second-order valence-corrected chi connectivity index (χ2v) is 26.5. The molecule has 1 amide bonds. The van der Waals surface area contributed by atoms with E-state index in [9.17, 15) is 19.0 Å². The van der Waals surface area contributed by atoms with Crippen LogP contribution in [-0.4, -0.2) is 74.3 Å². The molecule has 9 nitrogen and oxygen atoms in total. The molecule has 492 valence electrons. The topological polar surface area (TPSA) is 111 Å². The van der Waals surface area contributed by atoms with E-state index in [1.54, 1.807) is 0 Å². The predicted molar refractivity (Wildman–Crippen MR) is 369 cm³/mol. The fraction of sp³-hybridized carbons (Fsp3) is 0.760. The average molecular weight is 1210 g/mol. The standard InChI is InChI=1S/C75H135N2O7P/c1-7-10-13-16-19-22-25-27-29-31-33-35-36-37-38-39-40-42-44-46-48-50-53-56-59-62-65-68-75(79)84-73(66-63-60-57-54-51-24-21-18-15-12-9-3)72(71-83-85(80,81)82-70-69-77(4,5)6)76-74(78)67-64-61-58-55-52-49-47-45-43-41-34-32-30-28-26-23-20-17-14-11-8-2/h19-20,22-23,27-30,33-35,37-38,41,63,66,72-73H,7-18,21,24-26,31-32,36,39-40,42-62,64-65,67-71H2,1-6H3,(H-,76,78,80,81)/p+1/b22-19-,23-20-,29-27-,30-28-,35-33-,38-37-,41-34-,66-63-. The molecule has 10 heteroatoms. The van der Waals surface area contributed by atoms with E-state index in [-0.39, 0.29) is 31.5 Å². The van der Waals surface area contributed by atoms with Crippen molar-refractivity contribution in [3.63, 3.8) is 0 Å². The number of nitrogens with one attached hydrogen (secondary N) is 1. The molecule has 0 heterocycles. The lowest BCUT2D eigenvalue weighted by Gasteiger charge is -2.27. The van der Waals surface area contributed by atoms with Gasteiger partial charge in [0.1, 0.15) is 19.3 Å². The number of quaternary nitrogens is 1. The smallest absolute Gasteiger partial charge is 0.456 e. The van der Waals surface area contributed by atoms with Crippen LogP contribution in [0, 0.1) is 0 Å². The minimum absolute atomic E-state index is 0.0346. The summed E-state index contributed by atoms with van der Waals surface area (Å²) in [5.41, 5.74) is 0. The van der Waals surface area contributed by atoms with E-state index in [0.29, 0.717) is 17.4 Å². The van der Waals surface area contributed by atoms with Gasteiger partial charge in [0, 0.05) is 12.8 Å². The third kappa shape index (κ3) is 65.2. The summed E-state index contributed by atoms with van der Waals surface area (Å²) in [6.07, 6.45) is 87.0. The van der Waals surface area contributed by atoms with Gasteiger partial charge >= 0.3 is 13.8 Å². The van der Waals surface area contributed by atoms with Crippen molar-refractivity contribution in [2.45, 2.75) is 328 Å². The lowest BCUT2D eigenvalue weighted by Crippen LogP contribution is -2.47. The van der Waals surface area contributed by atoms with Crippen LogP contribution >= 0.6 is 7.82 Å². The van der Waals surface area contributed by atoms with Gasteiger partial charge in [-0.15, -0.1) is 0 Å². The van der Waals surface area contributed by atoms with Gasteiger partial charge in [-0.05, 0) is 115 Å². The van der Waals surface area contributed by atoms with Gasteiger partial charge in [0.25, 0.3) is 0 Å². The van der Waals surface area contributed by atoms with Crippen molar-refractivity contribution in [3.8, 4) is 0 Å². The number of ether oxygens (including phenoxy) is 1. The van der Waals surface area contributed by atoms with Gasteiger partial charge in [-0.3, -0.25) is 18.6 Å². The highest BCUT2D eigenvalue weighted by atomic mass is 31.2. The van der Waals surface area contributed by atoms with Crippen LogP contribution in [-0.2, 0) is 27.9 Å². The summed E-state index contributed by atoms with van der Waals surface area (Å²) >= 11 is 0. The highest BCUT2D eigenvalue weighted by Gasteiger charge is 2.30. The number of esters is 1. The Morgan fingerprint density at radius 3 is 1.09 bits per heavy atom. The number of hydrogen-bond acceptors (Lipinski definition) is 6. The zero-order valence-corrected chi connectivity index (χ0v) is 57.2. The number of carbonyl (C=O) groups excluding carboxylic acids is 2. The van der Waals surface area contributed by atoms with Gasteiger partial charge in [0.05, 0.1) is 33.8 Å². The zero-order valence-electron chi connectivity index (χ0n) is 56.3. The average Bonchev–Trinajstić information content (AvgIpc) is 3.59. The van der Waals surface area contributed by atoms with Crippen LogP contribution < -0.4 is 5.32 Å². The van der Waals surface area contributed by atoms with Gasteiger partial charge in [0.15, 0.2) is 0 Å². The summed E-state index contributed by atoms with van der Waals surface area (Å²) in [6, 6.07) is -0.859. The molecule has 0 aromatic carbocycles. The van der Waals surface area contributed by atoms with E-state index in [1.165, 1.54) is 180 Å². The van der Waals surface area contributed by atoms with Crippen LogP contribution in [0.4, 0.5) is 0 Å². The highest BCUT2D eigenvalue weighted by Crippen LogP contribution is 2.43. The van der Waals surface area contributed by atoms with E-state index in [1.807, 2.05) is 33.3 Å². The third-order valence-electron chi connectivity index (χ3n) is 15.5. The highest BCUT2D eigenvalue weighted by molar-refractivity contribution is 7.47. The molecule has 0 saturated carbocycles. The summed E-state index contributed by atoms with van der Waals surface area (Å²) in [7, 11) is 1.48. The van der Waals surface area contributed by atoms with Crippen molar-refractivity contribution in [1.29, 1.82) is 0 Å². The van der Waals surface area contributed by atoms with Crippen LogP contribution in [0.25, 0.3) is 0 Å². The molecule has 2 N–H and O–H groups in total. The van der Waals surface area contributed by atoms with Gasteiger partial charge in [0.2, 0.25) is 5.91 Å². The molecule has 0 fully saturated rings. The fourth-order valence-electron chi connectivity index (χ4n) is 9.99. The van der Waals surface area contributed by atoms with Gasteiger partial charge in [-0.25, -0.2) is 4.57 Å². The SMILES string of the molecule is CCCCC/C=C\C/C=C\C/C=C\C/C=C\CCCCCCCCCCCCCC(=O)OC(/C=C\CCCCCCCCCCC)C(COP(=O)(O)OCC[N+](C)(C)C)NC(=O)CCCCCCCCCC/C=C\C/C=C\C/C=C\CCCCC. The largest absolute Gasteiger partial charge is 0.472 e. The number of carbonyl (C=O) groups is 2. The first-order valence-electron chi connectivity index (χ1n) is 35.6. The second kappa shape index (κ2) is 63.9. The molecule has 3 atom stereocenters. The molecule has 0 aliphatic heterocycles. The first-order valence-corrected chi connectivity index (χ1v) is 37.1. The minimum Gasteiger partial charge on any atom is -0.456 e. The molecule has 0 aliphatic carbocycles. The Labute approximate surface area is 526 Å². The molecule has 0 bridgehead atoms. The van der Waals surface area contributed by atoms with Crippen LogP contribution in [0.3, 0.4) is 0 Å². The molecule has 0 aliphatic rings. The molecule has 0 spiro atoms. The van der Waals surface area contributed by atoms with E-state index in [2.05, 4.69) is 111 Å². The van der Waals surface area contributed by atoms with Gasteiger partial charge < -0.3 is 19.4 Å². The molecule has 0 aromatic heterocycles. The lowest BCUT2D eigenvalue weighted by molar-refractivity contribution is -0.870. The number of allylic oxidation sites excluding steroid dienone is 15. The van der Waals surface area contributed by atoms with Gasteiger partial charge in [-0.2, -0.15) is 0 Å². The lowest BCUT2D eigenvalue weighted by atomic mass is 10.0. The Bertz CT molecular complexity index is 1780. The van der Waals surface area contributed by atoms with E-state index < -0.39 is 20.0 Å². The van der Waals surface area contributed by atoms with Crippen LogP contribution in [0.2, 0.25) is 0 Å². The van der Waals surface area contributed by atoms with E-state index in [4.69, 9.17) is 13.8 Å². The maximum Gasteiger partial charge on any atom is 0.472 e. The molecule has 0 aromatic rings. The Morgan fingerprint density at radius 1 is 0.412 bits per heavy atom. The van der Waals surface area contributed by atoms with Gasteiger partial charge in [-0.1, -0.05) is 285 Å². The number of nitrogens with zero attached hydrogens (tertiary/aromatic N) is 1. The predicted octanol–water partition coefficient (Wildman–Crippen LogP) is 22.7. The van der Waals surface area contributed by atoms with E-state index >= 15 is 0 Å². The fourth-order valence-corrected chi connectivity index (χ4v) is 10.7. The number of phosphoric ester groups is 1. The van der Waals surface area contributed by atoms with E-state index in [0.717, 1.165) is 103 Å². The quantitative estimate of drug-likeness (QED) is 0.0205. The van der Waals surface area contributed by atoms with Crippen LogP contribution in [0.5, 0.6) is 0 Å². The third-order valence-corrected chi connectivity index (χ3v) is 16.5. The van der Waals surface area contributed by atoms with Crippen molar-refractivity contribution < 1.29 is 37.3 Å². The second-order valence-electron chi connectivity index (χ2n) is 25.0. The molecule has 0 rings (SSSR count). The number of rotatable bonds is 64. The first-order chi connectivity index (χ1) is 41.4. The molecule has 0 radical (unpaired) electrons. The Kier molecular flexibility index (Phi) is 61.6. The molecular formula is C75H136N2O7P+. The number of unbranched alkanes of at least 4 members (excludes halogenated alkanes) is 34. The van der Waals surface area contributed by atoms with Crippen molar-refractivity contribution in [3.05, 3.63) is 97.2 Å². The molecular weight excluding hydrogens is 1070 g/mol. The monoisotopic (exact) mass is 1210 g/mol. The summed E-state index contributed by atoms with van der Waals surface area (Å²) in [5.74, 6) is -0.514. The Morgan fingerprint density at radius 2 is 0.718 bits per heavy atom. The van der Waals surface area contributed by atoms with Crippen molar-refractivity contribution in [2.75, 3.05) is 40.9 Å². The summed E-state index contributed by atoms with van der Waals surface area (Å²) in [4.78, 5) is 37.9. The van der Waals surface area contributed by atoms with Crippen LogP contribution in [0.15, 0.2) is 97.2 Å². The van der Waals surface area contributed by atoms with Crippen LogP contribution in [0.1, 0.15) is 316 Å². The Balaban J connectivity index is 5.04. The number of hydrogen-bond donors (Lipinski definition) is 2.